The molecule has 0 aromatic carbocycles. The number of aromatic nitrogens is 3. The van der Waals surface area contributed by atoms with Gasteiger partial charge in [-0.05, 0) is 25.0 Å². The molecule has 124 valence electrons. The van der Waals surface area contributed by atoms with E-state index in [1.54, 1.807) is 6.07 Å². The quantitative estimate of drug-likeness (QED) is 0.855. The summed E-state index contributed by atoms with van der Waals surface area (Å²) in [5.74, 6) is 1.44. The molecule has 0 aliphatic carbocycles. The Morgan fingerprint density at radius 3 is 2.70 bits per heavy atom. The Hall–Kier alpha value is -2.12. The summed E-state index contributed by atoms with van der Waals surface area (Å²) in [6.45, 7) is 4.50. The lowest BCUT2D eigenvalue weighted by Crippen LogP contribution is -2.25. The second kappa shape index (κ2) is 5.82. The second-order valence-electron chi connectivity index (χ2n) is 5.88. The summed E-state index contributed by atoms with van der Waals surface area (Å²) in [4.78, 5) is 9.94. The Bertz CT molecular complexity index is 683. The van der Waals surface area contributed by atoms with Crippen LogP contribution in [0.5, 0.6) is 0 Å². The van der Waals surface area contributed by atoms with Crippen molar-refractivity contribution in [3.63, 3.8) is 0 Å². The lowest BCUT2D eigenvalue weighted by molar-refractivity contribution is -0.141. The average molecular weight is 326 g/mol. The first-order chi connectivity index (χ1) is 10.9. The van der Waals surface area contributed by atoms with Crippen molar-refractivity contribution in [2.75, 3.05) is 11.4 Å². The molecule has 1 aliphatic heterocycles. The van der Waals surface area contributed by atoms with E-state index in [1.807, 2.05) is 18.7 Å². The zero-order valence-corrected chi connectivity index (χ0v) is 12.8. The van der Waals surface area contributed by atoms with Crippen molar-refractivity contribution in [3.8, 4) is 0 Å². The molecule has 3 heterocycles. The van der Waals surface area contributed by atoms with Crippen molar-refractivity contribution in [2.24, 2.45) is 0 Å². The van der Waals surface area contributed by atoms with Gasteiger partial charge in [-0.2, -0.15) is 18.2 Å². The highest BCUT2D eigenvalue weighted by atomic mass is 19.4. The fourth-order valence-electron chi connectivity index (χ4n) is 2.67. The molecule has 0 spiro atoms. The molecule has 1 atom stereocenters. The molecule has 8 heteroatoms. The molecule has 2 aromatic heterocycles. The van der Waals surface area contributed by atoms with Gasteiger partial charge in [0.1, 0.15) is 11.5 Å². The summed E-state index contributed by atoms with van der Waals surface area (Å²) >= 11 is 0. The molecule has 2 aromatic rings. The van der Waals surface area contributed by atoms with Crippen LogP contribution in [0.15, 0.2) is 22.7 Å². The minimum atomic E-state index is -4.46. The van der Waals surface area contributed by atoms with E-state index in [4.69, 9.17) is 4.52 Å². The minimum absolute atomic E-state index is 0.109. The predicted octanol–water partition coefficient (Wildman–Crippen LogP) is 3.95. The maximum absolute atomic E-state index is 12.8. The van der Waals surface area contributed by atoms with Crippen molar-refractivity contribution < 1.29 is 17.7 Å². The van der Waals surface area contributed by atoms with Crippen molar-refractivity contribution in [1.82, 2.24) is 15.1 Å². The lowest BCUT2D eigenvalue weighted by atomic mass is 10.2. The van der Waals surface area contributed by atoms with E-state index in [2.05, 4.69) is 15.1 Å². The number of rotatable bonds is 3. The molecule has 1 aliphatic rings. The molecule has 0 radical (unpaired) electrons. The monoisotopic (exact) mass is 326 g/mol. The van der Waals surface area contributed by atoms with Crippen molar-refractivity contribution in [2.45, 2.75) is 44.8 Å². The van der Waals surface area contributed by atoms with Gasteiger partial charge in [0, 0.05) is 12.5 Å². The highest BCUT2D eigenvalue weighted by molar-refractivity contribution is 5.43. The molecular weight excluding hydrogens is 309 g/mol. The van der Waals surface area contributed by atoms with E-state index in [0.29, 0.717) is 24.1 Å². The molecular formula is C15H17F3N4O. The van der Waals surface area contributed by atoms with E-state index >= 15 is 0 Å². The van der Waals surface area contributed by atoms with Gasteiger partial charge >= 0.3 is 6.18 Å². The van der Waals surface area contributed by atoms with Crippen LogP contribution < -0.4 is 4.90 Å². The Labute approximate surface area is 131 Å². The van der Waals surface area contributed by atoms with Crippen LogP contribution in [0, 0.1) is 0 Å². The van der Waals surface area contributed by atoms with Gasteiger partial charge < -0.3 is 9.42 Å². The van der Waals surface area contributed by atoms with Gasteiger partial charge in [0.2, 0.25) is 5.89 Å². The topological polar surface area (TPSA) is 55.1 Å². The summed E-state index contributed by atoms with van der Waals surface area (Å²) in [6, 6.07) is 3.72. The molecule has 0 saturated carbocycles. The molecule has 0 N–H and O–H groups in total. The molecule has 1 unspecified atom stereocenters. The second-order valence-corrected chi connectivity index (χ2v) is 5.88. The fraction of sp³-hybridized carbons (Fsp3) is 0.533. The van der Waals surface area contributed by atoms with E-state index in [0.717, 1.165) is 18.9 Å². The Morgan fingerprint density at radius 1 is 1.26 bits per heavy atom. The third-order valence-corrected chi connectivity index (χ3v) is 3.82. The largest absolute Gasteiger partial charge is 0.433 e. The molecule has 1 saturated heterocycles. The molecule has 0 amide bonds. The van der Waals surface area contributed by atoms with Crippen molar-refractivity contribution >= 4 is 5.82 Å². The SMILES string of the molecule is CC(C)c1nc(C2CCCN2c2cccc(C(F)(F)F)n2)no1. The Balaban J connectivity index is 1.89. The third kappa shape index (κ3) is 3.16. The standard InChI is InChI=1S/C15H17F3N4O/c1-9(2)14-20-13(21-23-14)10-5-4-8-22(10)12-7-3-6-11(19-12)15(16,17)18/h3,6-7,9-10H,4-5,8H2,1-2H3. The number of anilines is 1. The molecule has 5 nitrogen and oxygen atoms in total. The van der Waals surface area contributed by atoms with E-state index in [1.165, 1.54) is 6.07 Å². The van der Waals surface area contributed by atoms with Gasteiger partial charge in [0.05, 0.1) is 6.04 Å². The van der Waals surface area contributed by atoms with Crippen LogP contribution in [-0.4, -0.2) is 21.7 Å². The summed E-state index contributed by atoms with van der Waals surface area (Å²) in [5.41, 5.74) is -0.892. The van der Waals surface area contributed by atoms with Crippen LogP contribution in [0.4, 0.5) is 19.0 Å². The van der Waals surface area contributed by atoms with Crippen LogP contribution >= 0.6 is 0 Å². The van der Waals surface area contributed by atoms with Gasteiger partial charge in [0.25, 0.3) is 0 Å². The van der Waals surface area contributed by atoms with Gasteiger partial charge in [-0.15, -0.1) is 0 Å². The lowest BCUT2D eigenvalue weighted by Gasteiger charge is -2.23. The maximum atomic E-state index is 12.8. The number of pyridine rings is 1. The zero-order valence-electron chi connectivity index (χ0n) is 12.8. The first kappa shape index (κ1) is 15.8. The normalized spacial score (nSPS) is 18.9. The number of hydrogen-bond donors (Lipinski definition) is 0. The summed E-state index contributed by atoms with van der Waals surface area (Å²) in [7, 11) is 0. The summed E-state index contributed by atoms with van der Waals surface area (Å²) < 4.78 is 43.8. The van der Waals surface area contributed by atoms with Crippen molar-refractivity contribution in [3.05, 3.63) is 35.6 Å². The first-order valence-electron chi connectivity index (χ1n) is 7.50. The molecule has 1 fully saturated rings. The van der Waals surface area contributed by atoms with Crippen LogP contribution in [0.1, 0.15) is 56.1 Å². The Kier molecular flexibility index (Phi) is 3.99. The highest BCUT2D eigenvalue weighted by Crippen LogP contribution is 2.36. The number of nitrogens with zero attached hydrogens (tertiary/aromatic N) is 4. The number of hydrogen-bond acceptors (Lipinski definition) is 5. The van der Waals surface area contributed by atoms with Crippen LogP contribution in [0.2, 0.25) is 0 Å². The molecule has 0 bridgehead atoms. The van der Waals surface area contributed by atoms with E-state index < -0.39 is 11.9 Å². The van der Waals surface area contributed by atoms with Gasteiger partial charge in [-0.25, -0.2) is 4.98 Å². The summed E-state index contributed by atoms with van der Waals surface area (Å²) in [5, 5.41) is 3.99. The van der Waals surface area contributed by atoms with Crippen LogP contribution in [0.3, 0.4) is 0 Å². The maximum Gasteiger partial charge on any atom is 0.433 e. The smallest absolute Gasteiger partial charge is 0.346 e. The molecule has 23 heavy (non-hydrogen) atoms. The Morgan fingerprint density at radius 2 is 2.04 bits per heavy atom. The highest BCUT2D eigenvalue weighted by Gasteiger charge is 2.35. The van der Waals surface area contributed by atoms with E-state index in [9.17, 15) is 13.2 Å². The number of alkyl halides is 3. The fourth-order valence-corrected chi connectivity index (χ4v) is 2.67. The molecule has 3 rings (SSSR count). The third-order valence-electron chi connectivity index (χ3n) is 3.82. The number of halogens is 3. The average Bonchev–Trinajstić information content (AvgIpc) is 3.15. The van der Waals surface area contributed by atoms with Gasteiger partial charge in [-0.3, -0.25) is 0 Å². The van der Waals surface area contributed by atoms with Gasteiger partial charge in [0.15, 0.2) is 5.82 Å². The zero-order chi connectivity index (χ0) is 16.6. The van der Waals surface area contributed by atoms with Crippen LogP contribution in [0.25, 0.3) is 0 Å². The first-order valence-corrected chi connectivity index (χ1v) is 7.50. The van der Waals surface area contributed by atoms with Gasteiger partial charge in [-0.1, -0.05) is 25.1 Å². The summed E-state index contributed by atoms with van der Waals surface area (Å²) in [6.07, 6.45) is -2.86. The van der Waals surface area contributed by atoms with Crippen molar-refractivity contribution in [1.29, 1.82) is 0 Å². The van der Waals surface area contributed by atoms with Crippen LogP contribution in [-0.2, 0) is 6.18 Å². The predicted molar refractivity (Wildman–Crippen MR) is 76.9 cm³/mol. The van der Waals surface area contributed by atoms with E-state index in [-0.39, 0.29) is 12.0 Å². The minimum Gasteiger partial charge on any atom is -0.346 e.